The van der Waals surface area contributed by atoms with Crippen molar-refractivity contribution in [3.8, 4) is 0 Å². The maximum absolute atomic E-state index is 11.2. The Morgan fingerprint density at radius 3 is 2.75 bits per heavy atom. The topological polar surface area (TPSA) is 82.5 Å². The molecule has 16 heavy (non-hydrogen) atoms. The lowest BCUT2D eigenvalue weighted by Gasteiger charge is -2.10. The lowest BCUT2D eigenvalue weighted by Crippen LogP contribution is -2.35. The number of hydrogen-bond donors (Lipinski definition) is 2. The number of thiazole rings is 1. The first kappa shape index (κ1) is 12.4. The van der Waals surface area contributed by atoms with E-state index in [0.717, 1.165) is 0 Å². The van der Waals surface area contributed by atoms with Gasteiger partial charge in [0.15, 0.2) is 5.69 Å². The van der Waals surface area contributed by atoms with E-state index >= 15 is 0 Å². The third-order valence-electron chi connectivity index (χ3n) is 1.79. The van der Waals surface area contributed by atoms with Crippen molar-refractivity contribution in [1.82, 2.24) is 15.2 Å². The summed E-state index contributed by atoms with van der Waals surface area (Å²) < 4.78 is 0. The molecule has 0 aliphatic heterocycles. The van der Waals surface area contributed by atoms with Gasteiger partial charge in [0.05, 0.1) is 5.01 Å². The van der Waals surface area contributed by atoms with Gasteiger partial charge >= 0.3 is 12.0 Å². The SMILES string of the molecule is CN(C)C(=O)NCCc1nc(C(=O)O)cs1. The molecule has 7 heteroatoms. The van der Waals surface area contributed by atoms with Crippen LogP contribution in [0.2, 0.25) is 0 Å². The van der Waals surface area contributed by atoms with E-state index in [4.69, 9.17) is 5.11 Å². The highest BCUT2D eigenvalue weighted by atomic mass is 32.1. The number of urea groups is 1. The third-order valence-corrected chi connectivity index (χ3v) is 2.70. The second-order valence-electron chi connectivity index (χ2n) is 3.31. The van der Waals surface area contributed by atoms with Gasteiger partial charge in [0.2, 0.25) is 0 Å². The van der Waals surface area contributed by atoms with Crippen molar-refractivity contribution in [3.63, 3.8) is 0 Å². The highest BCUT2D eigenvalue weighted by Crippen LogP contribution is 2.09. The number of aromatic nitrogens is 1. The van der Waals surface area contributed by atoms with Crippen molar-refractivity contribution in [2.45, 2.75) is 6.42 Å². The predicted molar refractivity (Wildman–Crippen MR) is 59.9 cm³/mol. The lowest BCUT2D eigenvalue weighted by molar-refractivity contribution is 0.0691. The number of carboxylic acids is 1. The van der Waals surface area contributed by atoms with Crippen LogP contribution in [0.4, 0.5) is 4.79 Å². The molecule has 0 aliphatic rings. The molecule has 2 N–H and O–H groups in total. The van der Waals surface area contributed by atoms with Gasteiger partial charge in [0.25, 0.3) is 0 Å². The van der Waals surface area contributed by atoms with E-state index in [0.29, 0.717) is 18.0 Å². The number of aromatic carboxylic acids is 1. The summed E-state index contributed by atoms with van der Waals surface area (Å²) in [5.74, 6) is -1.03. The molecular formula is C9H13N3O3S. The third kappa shape index (κ3) is 3.50. The summed E-state index contributed by atoms with van der Waals surface area (Å²) in [5.41, 5.74) is 0.0546. The minimum absolute atomic E-state index is 0.0546. The number of amides is 2. The standard InChI is InChI=1S/C9H13N3O3S/c1-12(2)9(15)10-4-3-7-11-6(5-16-7)8(13)14/h5H,3-4H2,1-2H3,(H,10,15)(H,13,14). The van der Waals surface area contributed by atoms with Crippen molar-refractivity contribution in [2.24, 2.45) is 0 Å². The molecule has 1 aromatic rings. The summed E-state index contributed by atoms with van der Waals surface area (Å²) in [7, 11) is 3.31. The van der Waals surface area contributed by atoms with Crippen LogP contribution in [0.5, 0.6) is 0 Å². The van der Waals surface area contributed by atoms with E-state index in [2.05, 4.69) is 10.3 Å². The Kier molecular flexibility index (Phi) is 4.24. The van der Waals surface area contributed by atoms with Crippen molar-refractivity contribution in [1.29, 1.82) is 0 Å². The van der Waals surface area contributed by atoms with Gasteiger partial charge in [-0.25, -0.2) is 14.6 Å². The van der Waals surface area contributed by atoms with Gasteiger partial charge in [-0.1, -0.05) is 0 Å². The number of hydrogen-bond acceptors (Lipinski definition) is 4. The van der Waals surface area contributed by atoms with Crippen LogP contribution in [0.15, 0.2) is 5.38 Å². The molecule has 1 heterocycles. The minimum Gasteiger partial charge on any atom is -0.476 e. The zero-order valence-corrected chi connectivity index (χ0v) is 9.87. The monoisotopic (exact) mass is 243 g/mol. The van der Waals surface area contributed by atoms with Crippen LogP contribution < -0.4 is 5.32 Å². The molecule has 0 saturated carbocycles. The lowest BCUT2D eigenvalue weighted by atomic mass is 10.4. The Morgan fingerprint density at radius 2 is 2.25 bits per heavy atom. The maximum atomic E-state index is 11.2. The van der Waals surface area contributed by atoms with Crippen LogP contribution in [0.3, 0.4) is 0 Å². The molecule has 0 aromatic carbocycles. The van der Waals surface area contributed by atoms with E-state index in [9.17, 15) is 9.59 Å². The van der Waals surface area contributed by atoms with E-state index in [1.807, 2.05) is 0 Å². The molecule has 1 aromatic heterocycles. The average molecular weight is 243 g/mol. The molecule has 0 fully saturated rings. The van der Waals surface area contributed by atoms with Crippen LogP contribution in [0.1, 0.15) is 15.5 Å². The smallest absolute Gasteiger partial charge is 0.355 e. The van der Waals surface area contributed by atoms with Crippen molar-refractivity contribution in [2.75, 3.05) is 20.6 Å². The predicted octanol–water partition coefficient (Wildman–Crippen LogP) is 0.655. The van der Waals surface area contributed by atoms with Crippen LogP contribution in [0, 0.1) is 0 Å². The summed E-state index contributed by atoms with van der Waals surface area (Å²) in [5, 5.41) is 13.5. The molecule has 0 atom stereocenters. The van der Waals surface area contributed by atoms with Crippen molar-refractivity contribution in [3.05, 3.63) is 16.1 Å². The molecule has 0 saturated heterocycles. The quantitative estimate of drug-likeness (QED) is 0.813. The van der Waals surface area contributed by atoms with Gasteiger partial charge in [-0.15, -0.1) is 11.3 Å². The Balaban J connectivity index is 2.37. The summed E-state index contributed by atoms with van der Waals surface area (Å²) in [4.78, 5) is 27.0. The molecule has 0 spiro atoms. The van der Waals surface area contributed by atoms with Gasteiger partial charge in [0.1, 0.15) is 0 Å². The molecule has 1 rings (SSSR count). The molecule has 0 unspecified atom stereocenters. The summed E-state index contributed by atoms with van der Waals surface area (Å²) in [6.07, 6.45) is 0.539. The summed E-state index contributed by atoms with van der Waals surface area (Å²) >= 11 is 1.28. The summed E-state index contributed by atoms with van der Waals surface area (Å²) in [6.45, 7) is 0.448. The normalized spacial score (nSPS) is 9.88. The van der Waals surface area contributed by atoms with Crippen LogP contribution >= 0.6 is 11.3 Å². The first-order chi connectivity index (χ1) is 7.50. The molecule has 2 amide bonds. The van der Waals surface area contributed by atoms with Crippen molar-refractivity contribution < 1.29 is 14.7 Å². The fourth-order valence-electron chi connectivity index (χ4n) is 0.958. The fourth-order valence-corrected chi connectivity index (χ4v) is 1.73. The number of nitrogens with zero attached hydrogens (tertiary/aromatic N) is 2. The number of carbonyl (C=O) groups is 2. The van der Waals surface area contributed by atoms with Gasteiger partial charge < -0.3 is 15.3 Å². The number of carbonyl (C=O) groups excluding carboxylic acids is 1. The highest BCUT2D eigenvalue weighted by Gasteiger charge is 2.08. The molecule has 88 valence electrons. The van der Waals surface area contributed by atoms with E-state index < -0.39 is 5.97 Å². The Labute approximate surface area is 96.9 Å². The number of carboxylic acid groups (broad SMARTS) is 1. The second-order valence-corrected chi connectivity index (χ2v) is 4.25. The van der Waals surface area contributed by atoms with Gasteiger partial charge in [-0.3, -0.25) is 0 Å². The Hall–Kier alpha value is -1.63. The van der Waals surface area contributed by atoms with Gasteiger partial charge in [-0.2, -0.15) is 0 Å². The van der Waals surface area contributed by atoms with Gasteiger partial charge in [-0.05, 0) is 0 Å². The maximum Gasteiger partial charge on any atom is 0.355 e. The largest absolute Gasteiger partial charge is 0.476 e. The van der Waals surface area contributed by atoms with Crippen LogP contribution in [0.25, 0.3) is 0 Å². The number of nitrogens with one attached hydrogen (secondary N) is 1. The Morgan fingerprint density at radius 1 is 1.56 bits per heavy atom. The van der Waals surface area contributed by atoms with Crippen LogP contribution in [-0.4, -0.2) is 47.6 Å². The van der Waals surface area contributed by atoms with Crippen molar-refractivity contribution >= 4 is 23.3 Å². The molecular weight excluding hydrogens is 230 g/mol. The fraction of sp³-hybridized carbons (Fsp3) is 0.444. The first-order valence-electron chi connectivity index (χ1n) is 4.63. The second kappa shape index (κ2) is 5.45. The van der Waals surface area contributed by atoms with Crippen LogP contribution in [-0.2, 0) is 6.42 Å². The highest BCUT2D eigenvalue weighted by molar-refractivity contribution is 7.09. The average Bonchev–Trinajstić information content (AvgIpc) is 2.66. The minimum atomic E-state index is -1.03. The van der Waals surface area contributed by atoms with E-state index in [1.54, 1.807) is 14.1 Å². The molecule has 6 nitrogen and oxygen atoms in total. The summed E-state index contributed by atoms with van der Waals surface area (Å²) in [6, 6.07) is -0.171. The molecule has 0 radical (unpaired) electrons. The Bertz CT molecular complexity index is 389. The molecule has 0 bridgehead atoms. The van der Waals surface area contributed by atoms with Gasteiger partial charge in [0, 0.05) is 32.4 Å². The molecule has 0 aliphatic carbocycles. The number of rotatable bonds is 4. The van der Waals surface area contributed by atoms with E-state index in [-0.39, 0.29) is 11.7 Å². The van der Waals surface area contributed by atoms with E-state index in [1.165, 1.54) is 21.6 Å². The first-order valence-corrected chi connectivity index (χ1v) is 5.51. The zero-order valence-electron chi connectivity index (χ0n) is 9.06. The zero-order chi connectivity index (χ0) is 12.1.